The maximum Gasteiger partial charge on any atom is 0.343 e. The Balaban J connectivity index is 0.991. The first-order valence-electron chi connectivity index (χ1n) is 24.8. The van der Waals surface area contributed by atoms with Crippen LogP contribution in [-0.4, -0.2) is 97.7 Å². The van der Waals surface area contributed by atoms with Crippen molar-refractivity contribution < 1.29 is 47.1 Å². The zero-order valence-corrected chi connectivity index (χ0v) is 41.0. The predicted octanol–water partition coefficient (Wildman–Crippen LogP) is 11.2. The lowest BCUT2D eigenvalue weighted by atomic mass is 9.84. The summed E-state index contributed by atoms with van der Waals surface area (Å²) in [5, 5.41) is 9.16. The fraction of sp³-hybridized carbons (Fsp3) is 0.491. The van der Waals surface area contributed by atoms with Crippen molar-refractivity contribution in [1.82, 2.24) is 0 Å². The third kappa shape index (κ3) is 13.5. The second kappa shape index (κ2) is 26.0. The second-order valence-corrected chi connectivity index (χ2v) is 18.4. The van der Waals surface area contributed by atoms with Gasteiger partial charge in [-0.15, -0.1) is 11.0 Å². The van der Waals surface area contributed by atoms with Crippen LogP contribution < -0.4 is 14.2 Å². The highest BCUT2D eigenvalue weighted by atomic mass is 19.1. The summed E-state index contributed by atoms with van der Waals surface area (Å²) in [6.45, 7) is 13.6. The predicted molar refractivity (Wildman–Crippen MR) is 268 cm³/mol. The van der Waals surface area contributed by atoms with Gasteiger partial charge in [0.25, 0.3) is 0 Å². The van der Waals surface area contributed by atoms with E-state index in [9.17, 15) is 4.79 Å². The van der Waals surface area contributed by atoms with Crippen molar-refractivity contribution >= 4 is 17.9 Å². The minimum Gasteiger partial charge on any atom is -0.493 e. The molecule has 2 fully saturated rings. The number of hydrogen-bond donors (Lipinski definition) is 0. The van der Waals surface area contributed by atoms with Crippen molar-refractivity contribution in [3.05, 3.63) is 112 Å². The number of rotatable bonds is 29. The molecule has 0 spiro atoms. The molecular weight excluding hydrogens is 876 g/mol. The standard InChI is InChI=1S/C57H69FN2O9/c1-5-20-45-42(27-32-63-28-16-8-9-17-29-64-36-56(6-2)38-66-39-56)33-44(35-59-60-53-48-23-14-12-21-46(48)47-22-13-15-24-49(47)53)54(52(45)58)69-55(61)43-25-26-50(51(34-43)62-4)68-31-19-11-10-18-30-65-37-57(7-3)40-67-41-57/h12-15,21-26,33-35H,6-11,16-19,27-32,36-41H2,1-4H3/b59-35+. The maximum atomic E-state index is 16.9. The van der Waals surface area contributed by atoms with E-state index in [1.807, 2.05) is 36.4 Å². The number of carbonyl (C=O) groups excluding carboxylic acids is 1. The third-order valence-electron chi connectivity index (χ3n) is 13.4. The van der Waals surface area contributed by atoms with E-state index in [-0.39, 0.29) is 33.3 Å². The van der Waals surface area contributed by atoms with Gasteiger partial charge in [0.15, 0.2) is 23.1 Å². The van der Waals surface area contributed by atoms with Crippen LogP contribution in [0.1, 0.15) is 123 Å². The zero-order valence-electron chi connectivity index (χ0n) is 41.0. The lowest BCUT2D eigenvalue weighted by Crippen LogP contribution is -2.45. The average Bonchev–Trinajstić information content (AvgIpc) is 3.66. The number of carbonyl (C=O) groups is 1. The Morgan fingerprint density at radius 2 is 1.28 bits per heavy atom. The molecule has 0 bridgehead atoms. The molecule has 7 rings (SSSR count). The van der Waals surface area contributed by atoms with Crippen molar-refractivity contribution in [3.63, 3.8) is 0 Å². The monoisotopic (exact) mass is 944 g/mol. The van der Waals surface area contributed by atoms with Crippen LogP contribution >= 0.6 is 0 Å². The molecule has 368 valence electrons. The van der Waals surface area contributed by atoms with Crippen LogP contribution in [0.4, 0.5) is 4.39 Å². The van der Waals surface area contributed by atoms with E-state index in [1.165, 1.54) is 19.4 Å². The smallest absolute Gasteiger partial charge is 0.343 e. The van der Waals surface area contributed by atoms with Crippen LogP contribution in [0.5, 0.6) is 17.2 Å². The maximum absolute atomic E-state index is 16.9. The van der Waals surface area contributed by atoms with Crippen molar-refractivity contribution in [2.24, 2.45) is 21.0 Å². The third-order valence-corrected chi connectivity index (χ3v) is 13.4. The molecule has 0 saturated carbocycles. The highest BCUT2D eigenvalue weighted by molar-refractivity contribution is 6.24. The van der Waals surface area contributed by atoms with Crippen LogP contribution in [0.3, 0.4) is 0 Å². The molecule has 69 heavy (non-hydrogen) atoms. The fourth-order valence-corrected chi connectivity index (χ4v) is 8.71. The summed E-state index contributed by atoms with van der Waals surface area (Å²) in [7, 11) is 1.51. The van der Waals surface area contributed by atoms with Gasteiger partial charge in [-0.25, -0.2) is 9.18 Å². The summed E-state index contributed by atoms with van der Waals surface area (Å²) in [4.78, 5) is 13.9. The zero-order chi connectivity index (χ0) is 48.3. The molecule has 2 saturated heterocycles. The van der Waals surface area contributed by atoms with Gasteiger partial charge in [-0.2, -0.15) is 5.10 Å². The molecular formula is C57H69FN2O9. The molecule has 2 heterocycles. The average molecular weight is 945 g/mol. The van der Waals surface area contributed by atoms with E-state index in [1.54, 1.807) is 25.1 Å². The Morgan fingerprint density at radius 3 is 1.81 bits per heavy atom. The number of benzene rings is 4. The lowest BCUT2D eigenvalue weighted by molar-refractivity contribution is -0.150. The molecule has 0 N–H and O–H groups in total. The van der Waals surface area contributed by atoms with Gasteiger partial charge in [-0.1, -0.05) is 87.6 Å². The van der Waals surface area contributed by atoms with Gasteiger partial charge in [-0.05, 0) is 99.2 Å². The van der Waals surface area contributed by atoms with E-state index in [2.05, 4.69) is 48.0 Å². The van der Waals surface area contributed by atoms with Crippen LogP contribution in [0, 0.1) is 28.5 Å². The van der Waals surface area contributed by atoms with E-state index < -0.39 is 11.8 Å². The molecule has 0 aromatic heterocycles. The number of nitrogens with zero attached hydrogens (tertiary/aromatic N) is 2. The largest absolute Gasteiger partial charge is 0.493 e. The molecule has 11 nitrogen and oxygen atoms in total. The van der Waals surface area contributed by atoms with Crippen LogP contribution in [-0.2, 0) is 30.1 Å². The van der Waals surface area contributed by atoms with Gasteiger partial charge in [-0.3, -0.25) is 0 Å². The van der Waals surface area contributed by atoms with Crippen molar-refractivity contribution in [2.75, 3.05) is 79.8 Å². The minimum absolute atomic E-state index is 0.131. The van der Waals surface area contributed by atoms with Crippen LogP contribution in [0.2, 0.25) is 0 Å². The lowest BCUT2D eigenvalue weighted by Gasteiger charge is -2.40. The van der Waals surface area contributed by atoms with Crippen molar-refractivity contribution in [1.29, 1.82) is 0 Å². The first-order valence-corrected chi connectivity index (χ1v) is 24.8. The topological polar surface area (TPSA) is 116 Å². The Morgan fingerprint density at radius 1 is 0.710 bits per heavy atom. The highest BCUT2D eigenvalue weighted by Crippen LogP contribution is 2.38. The molecule has 4 aromatic carbocycles. The molecule has 0 amide bonds. The summed E-state index contributed by atoms with van der Waals surface area (Å²) < 4.78 is 63.2. The highest BCUT2D eigenvalue weighted by Gasteiger charge is 2.37. The van der Waals surface area contributed by atoms with Crippen LogP contribution in [0.15, 0.2) is 83.0 Å². The summed E-state index contributed by atoms with van der Waals surface area (Å²) in [6.07, 6.45) is 11.8. The number of unbranched alkanes of at least 4 members (excludes halogenated alkanes) is 6. The van der Waals surface area contributed by atoms with E-state index >= 15 is 4.39 Å². The molecule has 0 atom stereocenters. The summed E-state index contributed by atoms with van der Waals surface area (Å²) >= 11 is 0. The van der Waals surface area contributed by atoms with Crippen molar-refractivity contribution in [2.45, 2.75) is 91.4 Å². The minimum atomic E-state index is -0.786. The van der Waals surface area contributed by atoms with E-state index in [0.717, 1.165) is 139 Å². The van der Waals surface area contributed by atoms with E-state index in [0.29, 0.717) is 49.0 Å². The number of esters is 1. The fourth-order valence-electron chi connectivity index (χ4n) is 8.71. The van der Waals surface area contributed by atoms with Gasteiger partial charge in [0.1, 0.15) is 5.71 Å². The Labute approximate surface area is 408 Å². The van der Waals surface area contributed by atoms with Gasteiger partial charge in [0.05, 0.1) is 77.3 Å². The van der Waals surface area contributed by atoms with Gasteiger partial charge < -0.3 is 37.9 Å². The molecule has 3 aliphatic rings. The SMILES string of the molecule is CC#Cc1c(CCOCCCCCCOCC2(CC)COC2)cc(/C=N/N=C2c3ccccc3-c3ccccc32)c(OC(=O)c2ccc(OCCCCCCOCC3(CC)COC3)c(OC)c2)c1F. The Bertz CT molecular complexity index is 2390. The molecule has 0 radical (unpaired) electrons. The quantitative estimate of drug-likeness (QED) is 0.0115. The Hall–Kier alpha value is -5.42. The molecule has 0 unspecified atom stereocenters. The normalized spacial score (nSPS) is 15.1. The molecule has 4 aromatic rings. The molecule has 1 aliphatic carbocycles. The summed E-state index contributed by atoms with van der Waals surface area (Å²) in [5.41, 5.74) is 6.24. The number of ether oxygens (including phenoxy) is 8. The summed E-state index contributed by atoms with van der Waals surface area (Å²) in [5.74, 6) is 4.76. The summed E-state index contributed by atoms with van der Waals surface area (Å²) in [6, 6.07) is 22.6. The van der Waals surface area contributed by atoms with E-state index in [4.69, 9.17) is 37.9 Å². The molecule has 2 aliphatic heterocycles. The molecule has 12 heteroatoms. The first kappa shape index (κ1) is 51.4. The number of hydrogen-bond acceptors (Lipinski definition) is 11. The number of halogens is 1. The van der Waals surface area contributed by atoms with Crippen molar-refractivity contribution in [3.8, 4) is 40.2 Å². The van der Waals surface area contributed by atoms with Gasteiger partial charge >= 0.3 is 5.97 Å². The van der Waals surface area contributed by atoms with Gasteiger partial charge in [0.2, 0.25) is 0 Å². The van der Waals surface area contributed by atoms with Crippen LogP contribution in [0.25, 0.3) is 11.1 Å². The number of methoxy groups -OCH3 is 1. The Kier molecular flexibility index (Phi) is 19.4. The van der Waals surface area contributed by atoms with Gasteiger partial charge in [0, 0.05) is 47.3 Å². The number of fused-ring (bicyclic) bond motifs is 3. The first-order chi connectivity index (χ1) is 33.8. The second-order valence-electron chi connectivity index (χ2n) is 18.4.